The Labute approximate surface area is 135 Å². The molecule has 0 aromatic carbocycles. The van der Waals surface area contributed by atoms with Crippen molar-refractivity contribution in [1.29, 1.82) is 0 Å². The highest BCUT2D eigenvalue weighted by atomic mass is 32.2. The Hall–Kier alpha value is -1.49. The van der Waals surface area contributed by atoms with Gasteiger partial charge in [-0.1, -0.05) is 19.3 Å². The highest BCUT2D eigenvalue weighted by Gasteiger charge is 2.36. The van der Waals surface area contributed by atoms with E-state index in [0.29, 0.717) is 17.4 Å². The number of hydrogen-bond acceptors (Lipinski definition) is 3. The summed E-state index contributed by atoms with van der Waals surface area (Å²) in [5.74, 6) is 0.366. The van der Waals surface area contributed by atoms with Crippen LogP contribution >= 0.6 is 11.8 Å². The molecule has 1 aromatic heterocycles. The molecule has 22 heavy (non-hydrogen) atoms. The van der Waals surface area contributed by atoms with Crippen molar-refractivity contribution in [2.75, 3.05) is 6.54 Å². The highest BCUT2D eigenvalue weighted by molar-refractivity contribution is 8.18. The maximum atomic E-state index is 12.5. The van der Waals surface area contributed by atoms with Gasteiger partial charge in [0.25, 0.3) is 11.1 Å². The van der Waals surface area contributed by atoms with E-state index in [4.69, 9.17) is 0 Å². The van der Waals surface area contributed by atoms with Gasteiger partial charge in [0.15, 0.2) is 0 Å². The molecule has 0 radical (unpaired) electrons. The van der Waals surface area contributed by atoms with Crippen molar-refractivity contribution in [3.63, 3.8) is 0 Å². The van der Waals surface area contributed by atoms with Crippen LogP contribution in [-0.2, 0) is 11.3 Å². The van der Waals surface area contributed by atoms with Gasteiger partial charge in [-0.3, -0.25) is 14.5 Å². The van der Waals surface area contributed by atoms with Gasteiger partial charge in [-0.05, 0) is 55.7 Å². The molecule has 5 heteroatoms. The lowest BCUT2D eigenvalue weighted by molar-refractivity contribution is -0.123. The molecule has 2 amide bonds. The van der Waals surface area contributed by atoms with Gasteiger partial charge < -0.3 is 4.57 Å². The number of rotatable bonds is 4. The van der Waals surface area contributed by atoms with Crippen LogP contribution in [0.3, 0.4) is 0 Å². The highest BCUT2D eigenvalue weighted by Crippen LogP contribution is 2.34. The van der Waals surface area contributed by atoms with E-state index in [2.05, 4.69) is 11.5 Å². The van der Waals surface area contributed by atoms with Gasteiger partial charge in [0.1, 0.15) is 0 Å². The third-order valence-corrected chi connectivity index (χ3v) is 5.43. The summed E-state index contributed by atoms with van der Waals surface area (Å²) in [5, 5.41) is -0.114. The molecule has 1 saturated heterocycles. The molecule has 2 fully saturated rings. The quantitative estimate of drug-likeness (QED) is 0.784. The lowest BCUT2D eigenvalue weighted by Gasteiger charge is -2.25. The summed E-state index contributed by atoms with van der Waals surface area (Å²) in [7, 11) is 0. The molecule has 1 saturated carbocycles. The van der Waals surface area contributed by atoms with Gasteiger partial charge in [-0.25, -0.2) is 0 Å². The number of hydrogen-bond donors (Lipinski definition) is 0. The number of carbonyl (C=O) groups is 2. The fraction of sp³-hybridized carbons (Fsp3) is 0.529. The summed E-state index contributed by atoms with van der Waals surface area (Å²) < 4.78 is 2.06. The first-order valence-corrected chi connectivity index (χ1v) is 8.91. The minimum absolute atomic E-state index is 0.114. The van der Waals surface area contributed by atoms with Crippen LogP contribution in [-0.4, -0.2) is 27.2 Å². The summed E-state index contributed by atoms with van der Waals surface area (Å²) in [6.45, 7) is 3.51. The van der Waals surface area contributed by atoms with Crippen molar-refractivity contribution in [2.45, 2.75) is 45.6 Å². The normalized spacial score (nSPS) is 22.0. The molecule has 1 aliphatic heterocycles. The maximum Gasteiger partial charge on any atom is 0.293 e. The molecule has 1 aliphatic carbocycles. The Balaban J connectivity index is 1.73. The molecule has 0 atom stereocenters. The maximum absolute atomic E-state index is 12.5. The van der Waals surface area contributed by atoms with Gasteiger partial charge in [-0.2, -0.15) is 0 Å². The second-order valence-electron chi connectivity index (χ2n) is 6.02. The predicted molar refractivity (Wildman–Crippen MR) is 89.4 cm³/mol. The zero-order valence-electron chi connectivity index (χ0n) is 13.0. The second kappa shape index (κ2) is 6.73. The van der Waals surface area contributed by atoms with E-state index in [1.165, 1.54) is 24.2 Å². The minimum atomic E-state index is -0.121. The number of aryl methyl sites for hydroxylation is 1. The van der Waals surface area contributed by atoms with E-state index in [-0.39, 0.29) is 11.1 Å². The molecule has 0 bridgehead atoms. The minimum Gasteiger partial charge on any atom is -0.348 e. The zero-order valence-corrected chi connectivity index (χ0v) is 13.8. The molecule has 4 nitrogen and oxygen atoms in total. The Morgan fingerprint density at radius 3 is 2.77 bits per heavy atom. The first kappa shape index (κ1) is 15.4. The molecule has 0 N–H and O–H groups in total. The summed E-state index contributed by atoms with van der Waals surface area (Å²) in [5.41, 5.74) is 0.977. The van der Waals surface area contributed by atoms with Gasteiger partial charge >= 0.3 is 0 Å². The van der Waals surface area contributed by atoms with Crippen molar-refractivity contribution < 1.29 is 9.59 Å². The SMILES string of the molecule is CCn1cccc1/C=C1/SC(=O)N(CC2CCCCC2)C1=O. The molecule has 1 aromatic rings. The van der Waals surface area contributed by atoms with Crippen molar-refractivity contribution in [3.05, 3.63) is 28.9 Å². The van der Waals surface area contributed by atoms with E-state index in [1.807, 2.05) is 24.4 Å². The average Bonchev–Trinajstić information content (AvgIpc) is 3.08. The van der Waals surface area contributed by atoms with Gasteiger partial charge in [0.2, 0.25) is 0 Å². The molecular formula is C17H22N2O2S. The largest absolute Gasteiger partial charge is 0.348 e. The van der Waals surface area contributed by atoms with Gasteiger partial charge in [0, 0.05) is 25.0 Å². The number of carbonyl (C=O) groups excluding carboxylic acids is 2. The number of thioether (sulfide) groups is 1. The zero-order chi connectivity index (χ0) is 15.5. The van der Waals surface area contributed by atoms with Crippen LogP contribution in [0.4, 0.5) is 4.79 Å². The Morgan fingerprint density at radius 2 is 2.05 bits per heavy atom. The number of imide groups is 1. The summed E-state index contributed by atoms with van der Waals surface area (Å²) in [6.07, 6.45) is 9.83. The van der Waals surface area contributed by atoms with Crippen LogP contribution in [0.2, 0.25) is 0 Å². The molecule has 0 unspecified atom stereocenters. The average molecular weight is 318 g/mol. The van der Waals surface area contributed by atoms with Crippen molar-refractivity contribution >= 4 is 29.0 Å². The van der Waals surface area contributed by atoms with Crippen molar-refractivity contribution in [2.24, 2.45) is 5.92 Å². The molecule has 2 heterocycles. The van der Waals surface area contributed by atoms with Gasteiger partial charge in [-0.15, -0.1) is 0 Å². The van der Waals surface area contributed by atoms with Crippen molar-refractivity contribution in [3.8, 4) is 0 Å². The first-order chi connectivity index (χ1) is 10.7. The lowest BCUT2D eigenvalue weighted by atomic mass is 9.89. The number of aromatic nitrogens is 1. The Kier molecular flexibility index (Phi) is 4.71. The predicted octanol–water partition coefficient (Wildman–Crippen LogP) is 4.12. The van der Waals surface area contributed by atoms with E-state index in [9.17, 15) is 9.59 Å². The van der Waals surface area contributed by atoms with E-state index >= 15 is 0 Å². The fourth-order valence-corrected chi connectivity index (χ4v) is 4.10. The summed E-state index contributed by atoms with van der Waals surface area (Å²) in [6, 6.07) is 3.93. The monoisotopic (exact) mass is 318 g/mol. The Morgan fingerprint density at radius 1 is 1.27 bits per heavy atom. The smallest absolute Gasteiger partial charge is 0.293 e. The van der Waals surface area contributed by atoms with Crippen LogP contribution in [0.5, 0.6) is 0 Å². The van der Waals surface area contributed by atoms with Crippen molar-refractivity contribution in [1.82, 2.24) is 9.47 Å². The molecular weight excluding hydrogens is 296 g/mol. The van der Waals surface area contributed by atoms with Crippen LogP contribution < -0.4 is 0 Å². The molecule has 3 rings (SSSR count). The van der Waals surface area contributed by atoms with E-state index in [0.717, 1.165) is 36.8 Å². The molecule has 2 aliphatic rings. The second-order valence-corrected chi connectivity index (χ2v) is 7.01. The summed E-state index contributed by atoms with van der Waals surface area (Å²) in [4.78, 5) is 26.7. The summed E-state index contributed by atoms with van der Waals surface area (Å²) >= 11 is 1.07. The van der Waals surface area contributed by atoms with Gasteiger partial charge in [0.05, 0.1) is 4.91 Å². The third kappa shape index (κ3) is 3.14. The van der Waals surface area contributed by atoms with Crippen LogP contribution in [0, 0.1) is 5.92 Å². The van der Waals surface area contributed by atoms with Crippen LogP contribution in [0.25, 0.3) is 6.08 Å². The van der Waals surface area contributed by atoms with Crippen LogP contribution in [0.1, 0.15) is 44.7 Å². The lowest BCUT2D eigenvalue weighted by Crippen LogP contribution is -2.34. The standard InChI is InChI=1S/C17H22N2O2S/c1-2-18-10-6-9-14(18)11-15-16(20)19(17(21)22-15)12-13-7-4-3-5-8-13/h6,9-11,13H,2-5,7-8,12H2,1H3/b15-11+. The topological polar surface area (TPSA) is 42.3 Å². The van der Waals surface area contributed by atoms with E-state index < -0.39 is 0 Å². The molecule has 118 valence electrons. The van der Waals surface area contributed by atoms with E-state index in [1.54, 1.807) is 0 Å². The number of nitrogens with zero attached hydrogens (tertiary/aromatic N) is 2. The fourth-order valence-electron chi connectivity index (χ4n) is 3.27. The molecule has 0 spiro atoms. The van der Waals surface area contributed by atoms with Crippen LogP contribution in [0.15, 0.2) is 23.2 Å². The first-order valence-electron chi connectivity index (χ1n) is 8.09. The third-order valence-electron chi connectivity index (χ3n) is 4.52. The Bertz CT molecular complexity index is 600. The number of amides is 2.